The van der Waals surface area contributed by atoms with E-state index in [0.717, 1.165) is 12.7 Å². The Morgan fingerprint density at radius 2 is 1.59 bits per heavy atom. The number of rotatable bonds is 4. The highest BCUT2D eigenvalue weighted by Crippen LogP contribution is 2.42. The topological polar surface area (TPSA) is 18.5 Å². The summed E-state index contributed by atoms with van der Waals surface area (Å²) in [5.41, 5.74) is 7.09. The van der Waals surface area contributed by atoms with Crippen LogP contribution in [0.15, 0.2) is 66.8 Å². The van der Waals surface area contributed by atoms with Crippen LogP contribution in [-0.2, 0) is 15.7 Å². The zero-order valence-corrected chi connectivity index (χ0v) is 18.7. The monoisotopic (exact) mass is 388 g/mol. The van der Waals surface area contributed by atoms with Crippen molar-refractivity contribution >= 4 is 12.7 Å². The highest BCUT2D eigenvalue weighted by Gasteiger charge is 2.51. The maximum atomic E-state index is 6.32. The van der Waals surface area contributed by atoms with Crippen LogP contribution in [0.1, 0.15) is 49.9 Å². The van der Waals surface area contributed by atoms with Crippen molar-refractivity contribution in [2.45, 2.75) is 65.5 Å². The SMILES string of the molecule is C=C/C=C\C1=C(CB2OC(C)(C)C(C)(C)O2)c2cc(C)ccccc(C)cc2C1. The van der Waals surface area contributed by atoms with E-state index in [1.165, 1.54) is 33.4 Å². The van der Waals surface area contributed by atoms with E-state index in [0.29, 0.717) is 0 Å². The molecule has 3 rings (SSSR count). The van der Waals surface area contributed by atoms with Crippen molar-refractivity contribution in [1.29, 1.82) is 0 Å². The summed E-state index contributed by atoms with van der Waals surface area (Å²) in [6.45, 7) is 16.6. The van der Waals surface area contributed by atoms with E-state index in [2.05, 4.69) is 90.6 Å². The largest absolute Gasteiger partial charge is 0.462 e. The number of allylic oxidation sites excluding steroid dienone is 5. The third kappa shape index (κ3) is 4.74. The van der Waals surface area contributed by atoms with Gasteiger partial charge in [0.2, 0.25) is 0 Å². The Labute approximate surface area is 176 Å². The molecule has 0 bridgehead atoms. The molecule has 1 heterocycles. The molecule has 0 atom stereocenters. The molecule has 1 aromatic carbocycles. The van der Waals surface area contributed by atoms with Crippen molar-refractivity contribution in [3.8, 4) is 0 Å². The van der Waals surface area contributed by atoms with Gasteiger partial charge in [0.05, 0.1) is 11.2 Å². The fraction of sp³-hybridized carbons (Fsp3) is 0.385. The van der Waals surface area contributed by atoms with E-state index in [4.69, 9.17) is 9.31 Å². The van der Waals surface area contributed by atoms with Gasteiger partial charge in [-0.05, 0) is 70.2 Å². The molecule has 1 saturated heterocycles. The molecule has 3 heteroatoms. The average Bonchev–Trinajstić information content (AvgIpc) is 3.03. The molecule has 0 N–H and O–H groups in total. The van der Waals surface area contributed by atoms with E-state index in [1.54, 1.807) is 0 Å². The number of hydrogen-bond donors (Lipinski definition) is 0. The normalized spacial score (nSPS) is 19.4. The van der Waals surface area contributed by atoms with E-state index >= 15 is 0 Å². The molecule has 1 aliphatic heterocycles. The molecule has 0 saturated carbocycles. The lowest BCUT2D eigenvalue weighted by Gasteiger charge is -2.32. The molecule has 0 amide bonds. The first-order valence-corrected chi connectivity index (χ1v) is 10.4. The van der Waals surface area contributed by atoms with Crippen molar-refractivity contribution in [1.82, 2.24) is 0 Å². The number of fused-ring (bicyclic) bond motifs is 1. The summed E-state index contributed by atoms with van der Waals surface area (Å²) in [7, 11) is -0.251. The quantitative estimate of drug-likeness (QED) is 0.429. The van der Waals surface area contributed by atoms with E-state index < -0.39 is 0 Å². The first-order chi connectivity index (χ1) is 13.6. The van der Waals surface area contributed by atoms with Gasteiger partial charge in [0.1, 0.15) is 0 Å². The predicted molar refractivity (Wildman–Crippen MR) is 124 cm³/mol. The second kappa shape index (κ2) is 8.34. The molecular formula is C26H33BO2. The maximum Gasteiger partial charge on any atom is 0.462 e. The lowest BCUT2D eigenvalue weighted by Crippen LogP contribution is -2.41. The molecule has 0 unspecified atom stereocenters. The number of aryl methyl sites for hydroxylation is 2. The van der Waals surface area contributed by atoms with Crippen LogP contribution in [-0.4, -0.2) is 18.3 Å². The zero-order chi connectivity index (χ0) is 21.2. The van der Waals surface area contributed by atoms with E-state index in [1.807, 2.05) is 12.2 Å². The smallest absolute Gasteiger partial charge is 0.403 e. The molecule has 0 spiro atoms. The van der Waals surface area contributed by atoms with Gasteiger partial charge in [-0.15, -0.1) is 0 Å². The Morgan fingerprint density at radius 3 is 2.17 bits per heavy atom. The molecule has 0 aromatic heterocycles. The van der Waals surface area contributed by atoms with Crippen LogP contribution in [0.2, 0.25) is 6.32 Å². The molecular weight excluding hydrogens is 355 g/mol. The van der Waals surface area contributed by atoms with Gasteiger partial charge in [0, 0.05) is 6.32 Å². The van der Waals surface area contributed by atoms with Gasteiger partial charge >= 0.3 is 7.12 Å². The number of hydrogen-bond acceptors (Lipinski definition) is 2. The zero-order valence-electron chi connectivity index (χ0n) is 18.7. The van der Waals surface area contributed by atoms with Gasteiger partial charge in [-0.2, -0.15) is 0 Å². The summed E-state index contributed by atoms with van der Waals surface area (Å²) < 4.78 is 12.6. The van der Waals surface area contributed by atoms with Gasteiger partial charge in [0.15, 0.2) is 0 Å². The lowest BCUT2D eigenvalue weighted by molar-refractivity contribution is 0.00578. The Kier molecular flexibility index (Phi) is 6.21. The summed E-state index contributed by atoms with van der Waals surface area (Å²) in [5.74, 6) is 0. The Bertz CT molecular complexity index is 904. The average molecular weight is 388 g/mol. The fourth-order valence-electron chi connectivity index (χ4n) is 3.90. The van der Waals surface area contributed by atoms with Crippen LogP contribution < -0.4 is 0 Å². The molecule has 0 radical (unpaired) electrons. The van der Waals surface area contributed by atoms with Crippen molar-refractivity contribution in [3.05, 3.63) is 89.0 Å². The fourth-order valence-corrected chi connectivity index (χ4v) is 3.90. The summed E-state index contributed by atoms with van der Waals surface area (Å²) in [5, 5.41) is 0. The maximum absolute atomic E-state index is 6.32. The van der Waals surface area contributed by atoms with Crippen LogP contribution in [0.4, 0.5) is 0 Å². The minimum atomic E-state index is -0.322. The first-order valence-electron chi connectivity index (χ1n) is 10.4. The minimum Gasteiger partial charge on any atom is -0.403 e. The van der Waals surface area contributed by atoms with Gasteiger partial charge < -0.3 is 9.31 Å². The predicted octanol–water partition coefficient (Wildman–Crippen LogP) is 6.57. The van der Waals surface area contributed by atoms with Crippen LogP contribution in [0.25, 0.3) is 5.57 Å². The summed E-state index contributed by atoms with van der Waals surface area (Å²) in [6, 6.07) is 13.1. The summed E-state index contributed by atoms with van der Waals surface area (Å²) in [6.07, 6.45) is 7.67. The van der Waals surface area contributed by atoms with Crippen molar-refractivity contribution in [2.75, 3.05) is 0 Å². The minimum absolute atomic E-state index is 0.251. The third-order valence-electron chi connectivity index (χ3n) is 6.15. The summed E-state index contributed by atoms with van der Waals surface area (Å²) >= 11 is 0. The van der Waals surface area contributed by atoms with Gasteiger partial charge in [-0.1, -0.05) is 72.3 Å². The van der Waals surface area contributed by atoms with E-state index in [9.17, 15) is 0 Å². The lowest BCUT2D eigenvalue weighted by atomic mass is 9.78. The Balaban J connectivity index is 2.10. The molecule has 1 aromatic rings. The molecule has 1 aliphatic carbocycles. The molecule has 1 fully saturated rings. The highest BCUT2D eigenvalue weighted by atomic mass is 16.7. The Hall–Kier alpha value is -2.10. The van der Waals surface area contributed by atoms with Crippen LogP contribution in [0.3, 0.4) is 0 Å². The second-order valence-corrected chi connectivity index (χ2v) is 9.10. The van der Waals surface area contributed by atoms with Gasteiger partial charge in [0.25, 0.3) is 0 Å². The van der Waals surface area contributed by atoms with Crippen LogP contribution >= 0.6 is 0 Å². The van der Waals surface area contributed by atoms with E-state index in [-0.39, 0.29) is 18.3 Å². The van der Waals surface area contributed by atoms with Crippen LogP contribution in [0.5, 0.6) is 0 Å². The van der Waals surface area contributed by atoms with Crippen molar-refractivity contribution in [3.63, 3.8) is 0 Å². The molecule has 2 aliphatic rings. The second-order valence-electron chi connectivity index (χ2n) is 9.10. The standard InChI is InChI=1S/C26H33BO2/c1-8-9-14-21-17-22-15-19(2)12-10-11-13-20(3)16-23(22)24(21)18-27-28-25(4,5)26(6,7)29-27/h8-16H,1,17-18H2,2-7H3/b11-10?,12-10?,13-11?,14-9-,19-12?,19-15?,20-13?,20-16?,22-15?,23-16?. The third-order valence-corrected chi connectivity index (χ3v) is 6.15. The summed E-state index contributed by atoms with van der Waals surface area (Å²) in [4.78, 5) is 0. The van der Waals surface area contributed by atoms with Crippen molar-refractivity contribution in [2.24, 2.45) is 0 Å². The molecule has 29 heavy (non-hydrogen) atoms. The van der Waals surface area contributed by atoms with Crippen molar-refractivity contribution < 1.29 is 9.31 Å². The Morgan fingerprint density at radius 1 is 1.00 bits per heavy atom. The first kappa shape index (κ1) is 21.6. The van der Waals surface area contributed by atoms with Gasteiger partial charge in [-0.25, -0.2) is 0 Å². The molecule has 2 nitrogen and oxygen atoms in total. The van der Waals surface area contributed by atoms with Crippen LogP contribution in [0, 0.1) is 13.8 Å². The highest BCUT2D eigenvalue weighted by molar-refractivity contribution is 6.48. The van der Waals surface area contributed by atoms with Gasteiger partial charge in [-0.3, -0.25) is 0 Å². The molecule has 152 valence electrons.